The van der Waals surface area contributed by atoms with Crippen molar-refractivity contribution in [3.8, 4) is 17.2 Å². The predicted octanol–water partition coefficient (Wildman–Crippen LogP) is 2.40. The van der Waals surface area contributed by atoms with Crippen molar-refractivity contribution in [1.82, 2.24) is 15.5 Å². The third-order valence-electron chi connectivity index (χ3n) is 4.51. The van der Waals surface area contributed by atoms with Crippen molar-refractivity contribution in [2.24, 2.45) is 4.99 Å². The van der Waals surface area contributed by atoms with Crippen LogP contribution in [-0.2, 0) is 6.54 Å². The highest BCUT2D eigenvalue weighted by molar-refractivity contribution is 5.80. The maximum Gasteiger partial charge on any atom is 0.401 e. The first-order chi connectivity index (χ1) is 13.8. The van der Waals surface area contributed by atoms with Gasteiger partial charge in [-0.25, -0.2) is 0 Å². The summed E-state index contributed by atoms with van der Waals surface area (Å²) in [7, 11) is 4.74. The van der Waals surface area contributed by atoms with Crippen molar-refractivity contribution in [3.63, 3.8) is 0 Å². The molecule has 10 heteroatoms. The summed E-state index contributed by atoms with van der Waals surface area (Å²) in [5, 5.41) is 6.36. The molecule has 0 aromatic heterocycles. The Hall–Kier alpha value is -2.36. The smallest absolute Gasteiger partial charge is 0.401 e. The minimum Gasteiger partial charge on any atom is -0.493 e. The average molecular weight is 418 g/mol. The minimum absolute atomic E-state index is 0.0899. The van der Waals surface area contributed by atoms with Gasteiger partial charge in [-0.1, -0.05) is 0 Å². The van der Waals surface area contributed by atoms with Gasteiger partial charge in [0.1, 0.15) is 0 Å². The van der Waals surface area contributed by atoms with Gasteiger partial charge in [-0.15, -0.1) is 0 Å². The highest BCUT2D eigenvalue weighted by atomic mass is 19.4. The van der Waals surface area contributed by atoms with Gasteiger partial charge in [0.15, 0.2) is 17.5 Å². The number of benzene rings is 1. The molecule has 1 aromatic rings. The molecule has 7 nitrogen and oxygen atoms in total. The molecule has 2 rings (SSSR count). The fraction of sp³-hybridized carbons (Fsp3) is 0.632. The SMILES string of the molecule is CCOc1c(OC)cc(CNC(=NC)NC2CCN(CC(F)(F)F)C2)cc1OC. The molecule has 1 aliphatic heterocycles. The maximum absolute atomic E-state index is 12.5. The number of hydrogen-bond donors (Lipinski definition) is 2. The Kier molecular flexibility index (Phi) is 8.24. The molecule has 2 N–H and O–H groups in total. The number of nitrogens with zero attached hydrogens (tertiary/aromatic N) is 2. The van der Waals surface area contributed by atoms with Gasteiger partial charge in [0.2, 0.25) is 5.75 Å². The molecular formula is C19H29F3N4O3. The van der Waals surface area contributed by atoms with Gasteiger partial charge in [-0.2, -0.15) is 13.2 Å². The van der Waals surface area contributed by atoms with Crippen LogP contribution in [0, 0.1) is 0 Å². The molecule has 1 unspecified atom stereocenters. The summed E-state index contributed by atoms with van der Waals surface area (Å²) in [6.45, 7) is 2.63. The van der Waals surface area contributed by atoms with Crippen LogP contribution in [0.5, 0.6) is 17.2 Å². The lowest BCUT2D eigenvalue weighted by Crippen LogP contribution is -2.44. The number of hydrogen-bond acceptors (Lipinski definition) is 5. The molecule has 1 aliphatic rings. The van der Waals surface area contributed by atoms with Gasteiger partial charge in [0.05, 0.1) is 27.4 Å². The lowest BCUT2D eigenvalue weighted by molar-refractivity contribution is -0.143. The van der Waals surface area contributed by atoms with Crippen molar-refractivity contribution < 1.29 is 27.4 Å². The average Bonchev–Trinajstić information content (AvgIpc) is 3.10. The van der Waals surface area contributed by atoms with Crippen molar-refractivity contribution in [2.75, 3.05) is 47.5 Å². The van der Waals surface area contributed by atoms with Crippen molar-refractivity contribution >= 4 is 5.96 Å². The largest absolute Gasteiger partial charge is 0.493 e. The molecule has 1 heterocycles. The molecule has 0 amide bonds. The molecule has 0 bridgehead atoms. The number of guanidine groups is 1. The normalized spacial score (nSPS) is 17.9. The van der Waals surface area contributed by atoms with Crippen LogP contribution in [0.15, 0.2) is 17.1 Å². The van der Waals surface area contributed by atoms with Crippen LogP contribution < -0.4 is 24.8 Å². The van der Waals surface area contributed by atoms with Crippen LogP contribution >= 0.6 is 0 Å². The second kappa shape index (κ2) is 10.4. The van der Waals surface area contributed by atoms with Crippen LogP contribution in [0.4, 0.5) is 13.2 Å². The Morgan fingerprint density at radius 2 is 1.90 bits per heavy atom. The minimum atomic E-state index is -4.18. The first-order valence-electron chi connectivity index (χ1n) is 9.43. The van der Waals surface area contributed by atoms with Crippen molar-refractivity contribution in [3.05, 3.63) is 17.7 Å². The Morgan fingerprint density at radius 1 is 1.24 bits per heavy atom. The quantitative estimate of drug-likeness (QED) is 0.499. The van der Waals surface area contributed by atoms with E-state index in [1.165, 1.54) is 4.90 Å². The predicted molar refractivity (Wildman–Crippen MR) is 105 cm³/mol. The van der Waals surface area contributed by atoms with Gasteiger partial charge >= 0.3 is 6.18 Å². The fourth-order valence-corrected chi connectivity index (χ4v) is 3.24. The van der Waals surface area contributed by atoms with Gasteiger partial charge in [-0.05, 0) is 31.0 Å². The molecular weight excluding hydrogens is 389 g/mol. The molecule has 1 aromatic carbocycles. The zero-order valence-electron chi connectivity index (χ0n) is 17.2. The molecule has 29 heavy (non-hydrogen) atoms. The maximum atomic E-state index is 12.5. The van der Waals surface area contributed by atoms with E-state index in [0.29, 0.717) is 55.9 Å². The van der Waals surface area contributed by atoms with Gasteiger partial charge in [-0.3, -0.25) is 9.89 Å². The Bertz CT molecular complexity index is 673. The first-order valence-corrected chi connectivity index (χ1v) is 9.43. The third kappa shape index (κ3) is 6.88. The molecule has 164 valence electrons. The zero-order chi connectivity index (χ0) is 21.4. The fourth-order valence-electron chi connectivity index (χ4n) is 3.24. The highest BCUT2D eigenvalue weighted by Crippen LogP contribution is 2.38. The molecule has 0 saturated carbocycles. The number of aliphatic imine (C=N–C) groups is 1. The molecule has 1 fully saturated rings. The summed E-state index contributed by atoms with van der Waals surface area (Å²) < 4.78 is 54.0. The van der Waals surface area contributed by atoms with Crippen molar-refractivity contribution in [1.29, 1.82) is 0 Å². The number of likely N-dealkylation sites (tertiary alicyclic amines) is 1. The van der Waals surface area contributed by atoms with E-state index in [9.17, 15) is 13.2 Å². The van der Waals surface area contributed by atoms with E-state index < -0.39 is 12.7 Å². The third-order valence-corrected chi connectivity index (χ3v) is 4.51. The number of methoxy groups -OCH3 is 2. The summed E-state index contributed by atoms with van der Waals surface area (Å²) in [6.07, 6.45) is -3.55. The molecule has 1 saturated heterocycles. The van der Waals surface area contributed by atoms with Crippen LogP contribution in [0.1, 0.15) is 18.9 Å². The van der Waals surface area contributed by atoms with E-state index in [1.54, 1.807) is 21.3 Å². The number of halogens is 3. The van der Waals surface area contributed by atoms with Gasteiger partial charge in [0.25, 0.3) is 0 Å². The summed E-state index contributed by atoms with van der Waals surface area (Å²) in [5.41, 5.74) is 0.884. The lowest BCUT2D eigenvalue weighted by atomic mass is 10.1. The summed E-state index contributed by atoms with van der Waals surface area (Å²) >= 11 is 0. The Labute approximate surface area is 169 Å². The summed E-state index contributed by atoms with van der Waals surface area (Å²) in [4.78, 5) is 5.56. The number of ether oxygens (including phenoxy) is 3. The van der Waals surface area contributed by atoms with E-state index in [1.807, 2.05) is 19.1 Å². The molecule has 1 atom stereocenters. The second-order valence-corrected chi connectivity index (χ2v) is 6.67. The van der Waals surface area contributed by atoms with E-state index in [-0.39, 0.29) is 6.04 Å². The van der Waals surface area contributed by atoms with Crippen LogP contribution in [-0.4, -0.2) is 70.6 Å². The summed E-state index contributed by atoms with van der Waals surface area (Å²) in [5.74, 6) is 2.18. The van der Waals surface area contributed by atoms with E-state index >= 15 is 0 Å². The first kappa shape index (κ1) is 22.9. The Balaban J connectivity index is 1.96. The standard InChI is InChI=1S/C19H29F3N4O3/c1-5-29-17-15(27-3)8-13(9-16(17)28-4)10-24-18(23-2)25-14-6-7-26(11-14)12-19(20,21)22/h8-9,14H,5-7,10-12H2,1-4H3,(H2,23,24,25). The van der Waals surface area contributed by atoms with Gasteiger partial charge in [0, 0.05) is 32.7 Å². The van der Waals surface area contributed by atoms with E-state index in [4.69, 9.17) is 14.2 Å². The number of nitrogens with one attached hydrogen (secondary N) is 2. The highest BCUT2D eigenvalue weighted by Gasteiger charge is 2.34. The topological polar surface area (TPSA) is 67.4 Å². The van der Waals surface area contributed by atoms with Crippen LogP contribution in [0.25, 0.3) is 0 Å². The van der Waals surface area contributed by atoms with Gasteiger partial charge < -0.3 is 24.8 Å². The Morgan fingerprint density at radius 3 is 2.41 bits per heavy atom. The van der Waals surface area contributed by atoms with Crippen LogP contribution in [0.2, 0.25) is 0 Å². The summed E-state index contributed by atoms with van der Waals surface area (Å²) in [6, 6.07) is 3.59. The lowest BCUT2D eigenvalue weighted by Gasteiger charge is -2.20. The van der Waals surface area contributed by atoms with E-state index in [0.717, 1.165) is 5.56 Å². The monoisotopic (exact) mass is 418 g/mol. The number of alkyl halides is 3. The molecule has 0 spiro atoms. The van der Waals surface area contributed by atoms with Crippen molar-refractivity contribution in [2.45, 2.75) is 32.1 Å². The van der Waals surface area contributed by atoms with Crippen LogP contribution in [0.3, 0.4) is 0 Å². The zero-order valence-corrected chi connectivity index (χ0v) is 17.2. The molecule has 0 radical (unpaired) electrons. The van der Waals surface area contributed by atoms with E-state index in [2.05, 4.69) is 15.6 Å². The number of rotatable bonds is 8. The molecule has 0 aliphatic carbocycles. The second-order valence-electron chi connectivity index (χ2n) is 6.67.